The maximum Gasteiger partial charge on any atom is 0.260 e. The lowest BCUT2D eigenvalue weighted by molar-refractivity contribution is 0.217. The van der Waals surface area contributed by atoms with Crippen molar-refractivity contribution in [3.63, 3.8) is 0 Å². The molecule has 1 aromatic carbocycles. The van der Waals surface area contributed by atoms with E-state index in [0.717, 1.165) is 58.4 Å². The fourth-order valence-electron chi connectivity index (χ4n) is 4.15. The van der Waals surface area contributed by atoms with Crippen molar-refractivity contribution < 1.29 is 4.74 Å². The molecule has 3 aromatic heterocycles. The Morgan fingerprint density at radius 2 is 1.86 bits per heavy atom. The van der Waals surface area contributed by atoms with Crippen molar-refractivity contribution in [1.82, 2.24) is 15.3 Å². The number of rotatable bonds is 4. The van der Waals surface area contributed by atoms with Crippen LogP contribution in [0.5, 0.6) is 5.75 Å². The maximum absolute atomic E-state index is 13.1. The Hall–Kier alpha value is -3.40. The zero-order valence-electron chi connectivity index (χ0n) is 21.2. The number of piperidine rings is 1. The number of H-pyrrole nitrogens is 1. The lowest BCUT2D eigenvalue weighted by atomic mass is 9.99. The SMILES string of the molecule is CCC.Cc1cncc(C#Cc2ccc3[nH]c(=O)c(-c4cccs4)c(OCC4CCNCC4)c3c2)c1. The molecule has 0 amide bonds. The molecule has 6 heteroatoms. The minimum Gasteiger partial charge on any atom is -0.492 e. The Bertz CT molecular complexity index is 1410. The Labute approximate surface area is 217 Å². The van der Waals surface area contributed by atoms with Gasteiger partial charge in [0.25, 0.3) is 5.56 Å². The van der Waals surface area contributed by atoms with E-state index < -0.39 is 0 Å². The van der Waals surface area contributed by atoms with Gasteiger partial charge in [-0.3, -0.25) is 9.78 Å². The molecule has 0 radical (unpaired) electrons. The number of nitrogens with one attached hydrogen (secondary N) is 2. The van der Waals surface area contributed by atoms with E-state index in [1.165, 1.54) is 6.42 Å². The van der Waals surface area contributed by atoms with E-state index in [9.17, 15) is 4.79 Å². The Morgan fingerprint density at radius 3 is 2.58 bits per heavy atom. The predicted octanol–water partition coefficient (Wildman–Crippen LogP) is 6.15. The summed E-state index contributed by atoms with van der Waals surface area (Å²) in [5.74, 6) is 7.56. The minimum atomic E-state index is -0.130. The van der Waals surface area contributed by atoms with Crippen LogP contribution in [0.3, 0.4) is 0 Å². The second-order valence-electron chi connectivity index (χ2n) is 9.11. The van der Waals surface area contributed by atoms with Gasteiger partial charge in [-0.25, -0.2) is 0 Å². The first-order chi connectivity index (χ1) is 17.6. The van der Waals surface area contributed by atoms with Crippen LogP contribution in [0.4, 0.5) is 0 Å². The van der Waals surface area contributed by atoms with E-state index in [4.69, 9.17) is 4.74 Å². The minimum absolute atomic E-state index is 0.130. The predicted molar refractivity (Wildman–Crippen MR) is 150 cm³/mol. The summed E-state index contributed by atoms with van der Waals surface area (Å²) in [7, 11) is 0. The Balaban J connectivity index is 0.000000967. The van der Waals surface area contributed by atoms with E-state index in [0.29, 0.717) is 23.8 Å². The van der Waals surface area contributed by atoms with Crippen LogP contribution in [0.25, 0.3) is 21.3 Å². The highest BCUT2D eigenvalue weighted by atomic mass is 32.1. The van der Waals surface area contributed by atoms with Gasteiger partial charge < -0.3 is 15.0 Å². The van der Waals surface area contributed by atoms with E-state index >= 15 is 0 Å². The number of ether oxygens (including phenoxy) is 1. The number of thiophene rings is 1. The molecule has 4 heterocycles. The molecule has 5 nitrogen and oxygen atoms in total. The largest absolute Gasteiger partial charge is 0.492 e. The molecular formula is C30H33N3O2S. The molecule has 0 unspecified atom stereocenters. The average molecular weight is 500 g/mol. The Kier molecular flexibility index (Phi) is 8.94. The lowest BCUT2D eigenvalue weighted by Crippen LogP contribution is -2.30. The first-order valence-corrected chi connectivity index (χ1v) is 13.5. The number of aromatic nitrogens is 2. The van der Waals surface area contributed by atoms with Gasteiger partial charge >= 0.3 is 0 Å². The van der Waals surface area contributed by atoms with Crippen LogP contribution in [0, 0.1) is 24.7 Å². The summed E-state index contributed by atoms with van der Waals surface area (Å²) in [5, 5.41) is 6.25. The summed E-state index contributed by atoms with van der Waals surface area (Å²) in [6, 6.07) is 11.8. The number of pyridine rings is 2. The second-order valence-corrected chi connectivity index (χ2v) is 10.1. The van der Waals surface area contributed by atoms with Crippen molar-refractivity contribution in [2.45, 2.75) is 40.0 Å². The summed E-state index contributed by atoms with van der Waals surface area (Å²) < 4.78 is 6.43. The fraction of sp³-hybridized carbons (Fsp3) is 0.333. The highest BCUT2D eigenvalue weighted by Crippen LogP contribution is 2.36. The zero-order valence-corrected chi connectivity index (χ0v) is 22.0. The fourth-order valence-corrected chi connectivity index (χ4v) is 4.92. The van der Waals surface area contributed by atoms with Crippen molar-refractivity contribution in [3.05, 3.63) is 81.2 Å². The van der Waals surface area contributed by atoms with E-state index in [-0.39, 0.29) is 5.56 Å². The molecule has 36 heavy (non-hydrogen) atoms. The van der Waals surface area contributed by atoms with Crippen LogP contribution in [0.2, 0.25) is 0 Å². The molecule has 0 saturated carbocycles. The third kappa shape index (κ3) is 6.42. The standard InChI is InChI=1S/C27H25N3O2S.C3H8/c1-18-13-21(16-29-15-18)5-4-19-6-7-23-22(14-19)26(32-17-20-8-10-28-11-9-20)25(27(31)30-23)24-3-2-12-33-24;1-3-2/h2-3,6-7,12-16,20,28H,8-11,17H2,1H3,(H,30,31);3H2,1-2H3. The summed E-state index contributed by atoms with van der Waals surface area (Å²) in [5.41, 5.74) is 4.03. The van der Waals surface area contributed by atoms with Crippen LogP contribution in [0.1, 0.15) is 49.8 Å². The van der Waals surface area contributed by atoms with Crippen LogP contribution < -0.4 is 15.6 Å². The van der Waals surface area contributed by atoms with Crippen LogP contribution in [0.15, 0.2) is 59.0 Å². The first kappa shape index (κ1) is 25.7. The summed E-state index contributed by atoms with van der Waals surface area (Å²) >= 11 is 1.54. The average Bonchev–Trinajstić information content (AvgIpc) is 3.41. The molecule has 5 rings (SSSR count). The van der Waals surface area contributed by atoms with Gasteiger partial charge in [0.05, 0.1) is 17.7 Å². The molecule has 4 aromatic rings. The summed E-state index contributed by atoms with van der Waals surface area (Å²) in [4.78, 5) is 21.2. The van der Waals surface area contributed by atoms with Crippen molar-refractivity contribution >= 4 is 22.2 Å². The van der Waals surface area contributed by atoms with Crippen molar-refractivity contribution in [1.29, 1.82) is 0 Å². The van der Waals surface area contributed by atoms with Gasteiger partial charge in [-0.2, -0.15) is 0 Å². The molecule has 0 aliphatic carbocycles. The molecule has 1 saturated heterocycles. The number of aryl methyl sites for hydroxylation is 1. The zero-order chi connectivity index (χ0) is 25.3. The van der Waals surface area contributed by atoms with Gasteiger partial charge in [-0.05, 0) is 80.0 Å². The van der Waals surface area contributed by atoms with Gasteiger partial charge in [-0.1, -0.05) is 38.2 Å². The van der Waals surface area contributed by atoms with E-state index in [2.05, 4.69) is 41.0 Å². The van der Waals surface area contributed by atoms with Gasteiger partial charge in [0.1, 0.15) is 5.75 Å². The third-order valence-electron chi connectivity index (χ3n) is 5.88. The highest BCUT2D eigenvalue weighted by molar-refractivity contribution is 7.13. The molecule has 0 spiro atoms. The molecule has 1 aliphatic rings. The molecule has 2 N–H and O–H groups in total. The smallest absolute Gasteiger partial charge is 0.260 e. The maximum atomic E-state index is 13.1. The molecule has 186 valence electrons. The molecule has 0 bridgehead atoms. The number of fused-ring (bicyclic) bond motifs is 1. The first-order valence-electron chi connectivity index (χ1n) is 12.6. The number of hydrogen-bond donors (Lipinski definition) is 2. The quantitative estimate of drug-likeness (QED) is 0.330. The number of hydrogen-bond acceptors (Lipinski definition) is 5. The van der Waals surface area contributed by atoms with Crippen LogP contribution in [-0.2, 0) is 0 Å². The van der Waals surface area contributed by atoms with E-state index in [1.807, 2.05) is 54.9 Å². The van der Waals surface area contributed by atoms with Crippen molar-refractivity contribution in [2.75, 3.05) is 19.7 Å². The number of aromatic amines is 1. The summed E-state index contributed by atoms with van der Waals surface area (Å²) in [6.07, 6.45) is 6.99. The lowest BCUT2D eigenvalue weighted by Gasteiger charge is -2.23. The van der Waals surface area contributed by atoms with Crippen molar-refractivity contribution in [3.8, 4) is 28.0 Å². The van der Waals surface area contributed by atoms with Gasteiger partial charge in [-0.15, -0.1) is 11.3 Å². The molecule has 1 aliphatic heterocycles. The molecular weight excluding hydrogens is 466 g/mol. The van der Waals surface area contributed by atoms with Gasteiger partial charge in [0.15, 0.2) is 0 Å². The van der Waals surface area contributed by atoms with Gasteiger partial charge in [0.2, 0.25) is 0 Å². The molecule has 1 fully saturated rings. The van der Waals surface area contributed by atoms with E-state index in [1.54, 1.807) is 17.5 Å². The number of nitrogens with zero attached hydrogens (tertiary/aromatic N) is 1. The van der Waals surface area contributed by atoms with Crippen LogP contribution >= 0.6 is 11.3 Å². The van der Waals surface area contributed by atoms with Gasteiger partial charge in [0, 0.05) is 33.8 Å². The number of benzene rings is 1. The normalized spacial score (nSPS) is 13.4. The molecule has 0 atom stereocenters. The highest BCUT2D eigenvalue weighted by Gasteiger charge is 2.20. The summed E-state index contributed by atoms with van der Waals surface area (Å²) in [6.45, 7) is 8.87. The van der Waals surface area contributed by atoms with Crippen molar-refractivity contribution in [2.24, 2.45) is 5.92 Å². The topological polar surface area (TPSA) is 67.0 Å². The third-order valence-corrected chi connectivity index (χ3v) is 6.77. The second kappa shape index (κ2) is 12.5. The monoisotopic (exact) mass is 499 g/mol. The Morgan fingerprint density at radius 1 is 1.08 bits per heavy atom. The van der Waals surface area contributed by atoms with Crippen LogP contribution in [-0.4, -0.2) is 29.7 Å².